The van der Waals surface area contributed by atoms with E-state index in [0.29, 0.717) is 10.4 Å². The zero-order valence-corrected chi connectivity index (χ0v) is 9.54. The van der Waals surface area contributed by atoms with Gasteiger partial charge in [-0.3, -0.25) is 4.79 Å². The molecule has 0 spiro atoms. The van der Waals surface area contributed by atoms with Crippen LogP contribution in [0.15, 0.2) is 23.1 Å². The van der Waals surface area contributed by atoms with Gasteiger partial charge in [-0.2, -0.15) is 4.31 Å². The number of rotatable bonds is 4. The van der Waals surface area contributed by atoms with Crippen molar-refractivity contribution >= 4 is 16.0 Å². The van der Waals surface area contributed by atoms with Crippen molar-refractivity contribution in [2.45, 2.75) is 4.90 Å². The molecule has 8 heteroatoms. The van der Waals surface area contributed by atoms with Gasteiger partial charge >= 0.3 is 5.97 Å². The molecule has 94 valence electrons. The second-order valence-electron chi connectivity index (χ2n) is 3.23. The van der Waals surface area contributed by atoms with Crippen LogP contribution in [0.3, 0.4) is 0 Å². The van der Waals surface area contributed by atoms with Gasteiger partial charge < -0.3 is 5.11 Å². The molecule has 0 aliphatic carbocycles. The Morgan fingerprint density at radius 2 is 2.00 bits per heavy atom. The molecule has 0 saturated heterocycles. The SMILES string of the molecule is CN(CC(=O)O)S(=O)(=O)c1ccc(F)cc1F. The Hall–Kier alpha value is -1.54. The first kappa shape index (κ1) is 13.5. The van der Waals surface area contributed by atoms with Crippen LogP contribution in [0.2, 0.25) is 0 Å². The van der Waals surface area contributed by atoms with Crippen molar-refractivity contribution in [2.75, 3.05) is 13.6 Å². The molecule has 0 aliphatic rings. The van der Waals surface area contributed by atoms with Gasteiger partial charge in [0.1, 0.15) is 23.1 Å². The highest BCUT2D eigenvalue weighted by Crippen LogP contribution is 2.18. The lowest BCUT2D eigenvalue weighted by molar-refractivity contribution is -0.137. The van der Waals surface area contributed by atoms with Crippen molar-refractivity contribution < 1.29 is 27.1 Å². The van der Waals surface area contributed by atoms with Crippen molar-refractivity contribution in [1.29, 1.82) is 0 Å². The quantitative estimate of drug-likeness (QED) is 0.868. The van der Waals surface area contributed by atoms with Crippen LogP contribution in [0, 0.1) is 11.6 Å². The highest BCUT2D eigenvalue weighted by atomic mass is 32.2. The number of carboxylic acid groups (broad SMARTS) is 1. The summed E-state index contributed by atoms with van der Waals surface area (Å²) in [7, 11) is -3.28. The molecular weight excluding hydrogens is 256 g/mol. The summed E-state index contributed by atoms with van der Waals surface area (Å²) in [6, 6.07) is 1.95. The Morgan fingerprint density at radius 1 is 1.41 bits per heavy atom. The van der Waals surface area contributed by atoms with E-state index in [1.807, 2.05) is 0 Å². The van der Waals surface area contributed by atoms with E-state index in [4.69, 9.17) is 5.11 Å². The maximum Gasteiger partial charge on any atom is 0.318 e. The molecule has 17 heavy (non-hydrogen) atoms. The predicted molar refractivity (Wildman–Crippen MR) is 53.8 cm³/mol. The molecule has 0 fully saturated rings. The van der Waals surface area contributed by atoms with E-state index in [-0.39, 0.29) is 0 Å². The molecule has 0 atom stereocenters. The lowest BCUT2D eigenvalue weighted by atomic mass is 10.3. The smallest absolute Gasteiger partial charge is 0.318 e. The van der Waals surface area contributed by atoms with Crippen molar-refractivity contribution in [2.24, 2.45) is 0 Å². The lowest BCUT2D eigenvalue weighted by Crippen LogP contribution is -2.32. The first-order valence-corrected chi connectivity index (χ1v) is 5.82. The Labute approximate surface area is 96.3 Å². The molecule has 1 N–H and O–H groups in total. The number of sulfonamides is 1. The van der Waals surface area contributed by atoms with Crippen LogP contribution < -0.4 is 0 Å². The average Bonchev–Trinajstić information content (AvgIpc) is 2.15. The summed E-state index contributed by atoms with van der Waals surface area (Å²) in [5.74, 6) is -3.55. The van der Waals surface area contributed by atoms with Crippen LogP contribution in [0.5, 0.6) is 0 Å². The number of hydrogen-bond donors (Lipinski definition) is 1. The molecule has 0 amide bonds. The molecule has 0 radical (unpaired) electrons. The zero-order valence-electron chi connectivity index (χ0n) is 8.72. The molecule has 5 nitrogen and oxygen atoms in total. The van der Waals surface area contributed by atoms with Crippen LogP contribution in [0.25, 0.3) is 0 Å². The molecule has 0 aliphatic heterocycles. The molecule has 1 rings (SSSR count). The standard InChI is InChI=1S/C9H9F2NO4S/c1-12(5-9(13)14)17(15,16)8-3-2-6(10)4-7(8)11/h2-4H,5H2,1H3,(H,13,14). The summed E-state index contributed by atoms with van der Waals surface area (Å²) in [6.45, 7) is -0.806. The van der Waals surface area contributed by atoms with Gasteiger partial charge in [0.2, 0.25) is 10.0 Å². The third-order valence-corrected chi connectivity index (χ3v) is 3.78. The average molecular weight is 265 g/mol. The number of likely N-dealkylation sites (N-methyl/N-ethyl adjacent to an activating group) is 1. The van der Waals surface area contributed by atoms with Gasteiger partial charge in [0, 0.05) is 13.1 Å². The number of hydrogen-bond acceptors (Lipinski definition) is 3. The minimum Gasteiger partial charge on any atom is -0.480 e. The summed E-state index contributed by atoms with van der Waals surface area (Å²) in [6.07, 6.45) is 0. The summed E-state index contributed by atoms with van der Waals surface area (Å²) in [5, 5.41) is 8.45. The van der Waals surface area contributed by atoms with E-state index in [9.17, 15) is 22.0 Å². The second kappa shape index (κ2) is 4.76. The van der Waals surface area contributed by atoms with Crippen LogP contribution >= 0.6 is 0 Å². The fourth-order valence-electron chi connectivity index (χ4n) is 1.13. The van der Waals surface area contributed by atoms with E-state index in [1.54, 1.807) is 0 Å². The minimum atomic E-state index is -4.27. The fraction of sp³-hybridized carbons (Fsp3) is 0.222. The van der Waals surface area contributed by atoms with Gasteiger partial charge in [0.05, 0.1) is 0 Å². The van der Waals surface area contributed by atoms with Gasteiger partial charge in [-0.25, -0.2) is 17.2 Å². The first-order chi connectivity index (χ1) is 7.75. The summed E-state index contributed by atoms with van der Waals surface area (Å²) in [5.41, 5.74) is 0. The Kier molecular flexibility index (Phi) is 3.79. The molecular formula is C9H9F2NO4S. The minimum absolute atomic E-state index is 0.418. The lowest BCUT2D eigenvalue weighted by Gasteiger charge is -2.15. The number of nitrogens with zero attached hydrogens (tertiary/aromatic N) is 1. The van der Waals surface area contributed by atoms with Crippen LogP contribution in [-0.2, 0) is 14.8 Å². The molecule has 1 aromatic rings. The van der Waals surface area contributed by atoms with E-state index in [1.165, 1.54) is 0 Å². The molecule has 0 aromatic heterocycles. The topological polar surface area (TPSA) is 74.7 Å². The molecule has 0 heterocycles. The third-order valence-electron chi connectivity index (χ3n) is 1.94. The summed E-state index contributed by atoms with van der Waals surface area (Å²) in [4.78, 5) is 9.61. The Bertz CT molecular complexity index is 544. The Balaban J connectivity index is 3.17. The zero-order chi connectivity index (χ0) is 13.2. The van der Waals surface area contributed by atoms with E-state index in [2.05, 4.69) is 0 Å². The van der Waals surface area contributed by atoms with E-state index < -0.39 is 39.1 Å². The third kappa shape index (κ3) is 2.98. The normalized spacial score (nSPS) is 11.8. The van der Waals surface area contributed by atoms with Gasteiger partial charge in [-0.05, 0) is 12.1 Å². The molecule has 1 aromatic carbocycles. The van der Waals surface area contributed by atoms with Crippen molar-refractivity contribution in [1.82, 2.24) is 4.31 Å². The highest BCUT2D eigenvalue weighted by molar-refractivity contribution is 7.89. The molecule has 0 saturated carbocycles. The van der Waals surface area contributed by atoms with Crippen LogP contribution in [0.1, 0.15) is 0 Å². The van der Waals surface area contributed by atoms with Crippen molar-refractivity contribution in [3.8, 4) is 0 Å². The van der Waals surface area contributed by atoms with E-state index >= 15 is 0 Å². The number of aliphatic carboxylic acids is 1. The monoisotopic (exact) mass is 265 g/mol. The molecule has 0 bridgehead atoms. The fourth-order valence-corrected chi connectivity index (χ4v) is 2.29. The second-order valence-corrected chi connectivity index (χ2v) is 5.24. The van der Waals surface area contributed by atoms with Crippen molar-refractivity contribution in [3.63, 3.8) is 0 Å². The van der Waals surface area contributed by atoms with Gasteiger partial charge in [-0.1, -0.05) is 0 Å². The number of halogens is 2. The van der Waals surface area contributed by atoms with Crippen LogP contribution in [-0.4, -0.2) is 37.4 Å². The Morgan fingerprint density at radius 3 is 2.47 bits per heavy atom. The van der Waals surface area contributed by atoms with Gasteiger partial charge in [0.15, 0.2) is 0 Å². The van der Waals surface area contributed by atoms with Crippen LogP contribution in [0.4, 0.5) is 8.78 Å². The maximum atomic E-state index is 13.3. The number of carbonyl (C=O) groups is 1. The maximum absolute atomic E-state index is 13.3. The number of benzene rings is 1. The number of carboxylic acids is 1. The van der Waals surface area contributed by atoms with Gasteiger partial charge in [-0.15, -0.1) is 0 Å². The van der Waals surface area contributed by atoms with E-state index in [0.717, 1.165) is 19.2 Å². The largest absolute Gasteiger partial charge is 0.480 e. The molecule has 0 unspecified atom stereocenters. The summed E-state index contributed by atoms with van der Waals surface area (Å²) < 4.78 is 49.7. The predicted octanol–water partition coefficient (Wildman–Crippen LogP) is 0.670. The first-order valence-electron chi connectivity index (χ1n) is 4.38. The summed E-state index contributed by atoms with van der Waals surface area (Å²) >= 11 is 0. The van der Waals surface area contributed by atoms with Gasteiger partial charge in [0.25, 0.3) is 0 Å². The highest BCUT2D eigenvalue weighted by Gasteiger charge is 2.26. The van der Waals surface area contributed by atoms with Crippen molar-refractivity contribution in [3.05, 3.63) is 29.8 Å².